The molecule has 134 valence electrons. The van der Waals surface area contributed by atoms with Gasteiger partial charge in [-0.2, -0.15) is 0 Å². The number of nitrogens with two attached hydrogens (primary N) is 2. The molecule has 1 aliphatic heterocycles. The molecule has 0 saturated carbocycles. The van der Waals surface area contributed by atoms with Gasteiger partial charge in [0.05, 0.1) is 27.5 Å². The first kappa shape index (κ1) is 16.9. The summed E-state index contributed by atoms with van der Waals surface area (Å²) in [6.07, 6.45) is 1.75. The highest BCUT2D eigenvalue weighted by Crippen LogP contribution is 2.39. The number of para-hydroxylation sites is 1. The van der Waals surface area contributed by atoms with Gasteiger partial charge in [0.25, 0.3) is 5.91 Å². The van der Waals surface area contributed by atoms with E-state index in [1.165, 1.54) is 11.3 Å². The molecule has 0 unspecified atom stereocenters. The van der Waals surface area contributed by atoms with Gasteiger partial charge in [0.1, 0.15) is 9.71 Å². The molecule has 2 aromatic heterocycles. The predicted molar refractivity (Wildman–Crippen MR) is 108 cm³/mol. The van der Waals surface area contributed by atoms with Crippen LogP contribution in [0.15, 0.2) is 36.5 Å². The van der Waals surface area contributed by atoms with Gasteiger partial charge in [-0.1, -0.05) is 23.7 Å². The second-order valence-corrected chi connectivity index (χ2v) is 7.55. The molecular weight excluding hydrogens is 370 g/mol. The zero-order chi connectivity index (χ0) is 18.3. The highest BCUT2D eigenvalue weighted by atomic mass is 35.5. The number of nitrogen functional groups attached to an aromatic ring is 1. The number of primary amides is 1. The topological polar surface area (TPSA) is 88.5 Å². The molecule has 8 heteroatoms. The number of fused-ring (bicyclic) bond motifs is 1. The fraction of sp³-hybridized carbons (Fsp3) is 0.222. The number of anilines is 3. The van der Waals surface area contributed by atoms with Crippen molar-refractivity contribution in [2.24, 2.45) is 5.73 Å². The molecule has 4 rings (SSSR count). The number of benzene rings is 1. The Morgan fingerprint density at radius 1 is 1.08 bits per heavy atom. The maximum atomic E-state index is 11.6. The molecule has 3 aromatic rings. The number of nitrogens with zero attached hydrogens (tertiary/aromatic N) is 3. The summed E-state index contributed by atoms with van der Waals surface area (Å²) < 4.78 is 0. The Balaban J connectivity index is 1.62. The summed E-state index contributed by atoms with van der Waals surface area (Å²) in [6.45, 7) is 3.34. The normalized spacial score (nSPS) is 14.8. The summed E-state index contributed by atoms with van der Waals surface area (Å²) in [5.74, 6) is -0.514. The summed E-state index contributed by atoms with van der Waals surface area (Å²) >= 11 is 7.56. The fourth-order valence-corrected chi connectivity index (χ4v) is 4.56. The van der Waals surface area contributed by atoms with E-state index < -0.39 is 5.91 Å². The lowest BCUT2D eigenvalue weighted by molar-refractivity contribution is 0.100. The van der Waals surface area contributed by atoms with Gasteiger partial charge in [-0.05, 0) is 18.2 Å². The highest BCUT2D eigenvalue weighted by molar-refractivity contribution is 7.21. The molecule has 6 nitrogen and oxygen atoms in total. The van der Waals surface area contributed by atoms with Gasteiger partial charge in [-0.3, -0.25) is 4.79 Å². The molecule has 0 atom stereocenters. The molecule has 26 heavy (non-hydrogen) atoms. The number of halogens is 1. The zero-order valence-corrected chi connectivity index (χ0v) is 15.6. The summed E-state index contributed by atoms with van der Waals surface area (Å²) in [5.41, 5.74) is 14.1. The molecule has 3 heterocycles. The van der Waals surface area contributed by atoms with Crippen LogP contribution in [-0.4, -0.2) is 37.1 Å². The maximum Gasteiger partial charge on any atom is 0.260 e. The van der Waals surface area contributed by atoms with Crippen molar-refractivity contribution >= 4 is 56.1 Å². The lowest BCUT2D eigenvalue weighted by Crippen LogP contribution is -2.46. The number of carbonyl (C=O) groups is 1. The minimum Gasteiger partial charge on any atom is -0.397 e. The quantitative estimate of drug-likeness (QED) is 0.721. The van der Waals surface area contributed by atoms with Gasteiger partial charge in [-0.15, -0.1) is 11.3 Å². The van der Waals surface area contributed by atoms with Crippen LogP contribution in [-0.2, 0) is 0 Å². The van der Waals surface area contributed by atoms with Gasteiger partial charge in [0.15, 0.2) is 0 Å². The van der Waals surface area contributed by atoms with Crippen LogP contribution in [0.2, 0.25) is 5.02 Å². The molecular formula is C18H18ClN5OS. The number of amides is 1. The third kappa shape index (κ3) is 2.83. The van der Waals surface area contributed by atoms with Crippen molar-refractivity contribution < 1.29 is 4.79 Å². The van der Waals surface area contributed by atoms with Gasteiger partial charge in [0, 0.05) is 32.4 Å². The third-order valence-electron chi connectivity index (χ3n) is 4.64. The summed E-state index contributed by atoms with van der Waals surface area (Å²) in [7, 11) is 0. The van der Waals surface area contributed by atoms with Crippen molar-refractivity contribution in [2.75, 3.05) is 41.7 Å². The SMILES string of the molecule is NC(=O)c1sc2nccc(N3CCN(c4ccccc4Cl)CC3)c2c1N. The van der Waals surface area contributed by atoms with Crippen molar-refractivity contribution in [3.05, 3.63) is 46.4 Å². The largest absolute Gasteiger partial charge is 0.397 e. The molecule has 1 fully saturated rings. The van der Waals surface area contributed by atoms with E-state index in [2.05, 4.69) is 14.8 Å². The molecule has 1 aliphatic rings. The summed E-state index contributed by atoms with van der Waals surface area (Å²) in [5, 5.41) is 1.58. The molecule has 0 spiro atoms. The van der Waals surface area contributed by atoms with E-state index in [0.717, 1.165) is 52.8 Å². The van der Waals surface area contributed by atoms with Crippen molar-refractivity contribution in [3.8, 4) is 0 Å². The average molecular weight is 388 g/mol. The number of aromatic nitrogens is 1. The summed E-state index contributed by atoms with van der Waals surface area (Å²) in [4.78, 5) is 21.6. The van der Waals surface area contributed by atoms with E-state index in [0.29, 0.717) is 10.6 Å². The number of carbonyl (C=O) groups excluding carboxylic acids is 1. The van der Waals surface area contributed by atoms with Crippen molar-refractivity contribution in [3.63, 3.8) is 0 Å². The molecule has 1 saturated heterocycles. The van der Waals surface area contributed by atoms with E-state index in [-0.39, 0.29) is 0 Å². The van der Waals surface area contributed by atoms with Crippen molar-refractivity contribution in [2.45, 2.75) is 0 Å². The van der Waals surface area contributed by atoms with E-state index in [9.17, 15) is 4.79 Å². The van der Waals surface area contributed by atoms with Gasteiger partial charge in [0.2, 0.25) is 0 Å². The lowest BCUT2D eigenvalue weighted by atomic mass is 10.1. The van der Waals surface area contributed by atoms with Gasteiger partial charge >= 0.3 is 0 Å². The lowest BCUT2D eigenvalue weighted by Gasteiger charge is -2.38. The average Bonchev–Trinajstić information content (AvgIpc) is 3.00. The second kappa shape index (κ2) is 6.66. The number of pyridine rings is 1. The molecule has 1 aromatic carbocycles. The highest BCUT2D eigenvalue weighted by Gasteiger charge is 2.24. The van der Waals surface area contributed by atoms with Crippen LogP contribution in [0.3, 0.4) is 0 Å². The number of hydrogen-bond acceptors (Lipinski definition) is 6. The molecule has 0 aliphatic carbocycles. The number of hydrogen-bond donors (Lipinski definition) is 2. The van der Waals surface area contributed by atoms with Crippen molar-refractivity contribution in [1.29, 1.82) is 0 Å². The maximum absolute atomic E-state index is 11.6. The Bertz CT molecular complexity index is 981. The van der Waals surface area contributed by atoms with Crippen molar-refractivity contribution in [1.82, 2.24) is 4.98 Å². The number of rotatable bonds is 3. The van der Waals surface area contributed by atoms with Crippen LogP contribution in [0.25, 0.3) is 10.2 Å². The molecule has 0 bridgehead atoms. The zero-order valence-electron chi connectivity index (χ0n) is 14.0. The van der Waals surface area contributed by atoms with Crippen LogP contribution in [0.4, 0.5) is 17.1 Å². The first-order valence-electron chi connectivity index (χ1n) is 8.27. The van der Waals surface area contributed by atoms with E-state index in [4.69, 9.17) is 23.1 Å². The van der Waals surface area contributed by atoms with Gasteiger partial charge < -0.3 is 21.3 Å². The second-order valence-electron chi connectivity index (χ2n) is 6.14. The van der Waals surface area contributed by atoms with Crippen LogP contribution in [0, 0.1) is 0 Å². The van der Waals surface area contributed by atoms with Crippen LogP contribution >= 0.6 is 22.9 Å². The minimum absolute atomic E-state index is 0.370. The van der Waals surface area contributed by atoms with Crippen LogP contribution < -0.4 is 21.3 Å². The van der Waals surface area contributed by atoms with Gasteiger partial charge in [-0.25, -0.2) is 4.98 Å². The van der Waals surface area contributed by atoms with E-state index in [1.807, 2.05) is 30.3 Å². The first-order chi connectivity index (χ1) is 12.6. The van der Waals surface area contributed by atoms with E-state index in [1.54, 1.807) is 6.20 Å². The Kier molecular flexibility index (Phi) is 4.34. The first-order valence-corrected chi connectivity index (χ1v) is 9.47. The molecule has 1 amide bonds. The monoisotopic (exact) mass is 387 g/mol. The fourth-order valence-electron chi connectivity index (χ4n) is 3.37. The third-order valence-corrected chi connectivity index (χ3v) is 6.09. The Morgan fingerprint density at radius 2 is 1.73 bits per heavy atom. The minimum atomic E-state index is -0.514. The predicted octanol–water partition coefficient (Wildman–Crippen LogP) is 2.96. The molecule has 0 radical (unpaired) electrons. The Morgan fingerprint density at radius 3 is 2.38 bits per heavy atom. The standard InChI is InChI=1S/C18H18ClN5OS/c19-11-3-1-2-4-12(11)23-7-9-24(10-8-23)13-5-6-22-18-14(13)15(20)16(26-18)17(21)25/h1-6H,7-10,20H2,(H2,21,25). The van der Waals surface area contributed by atoms with E-state index >= 15 is 0 Å². The smallest absolute Gasteiger partial charge is 0.260 e. The Labute approximate surface area is 160 Å². The van der Waals surface area contributed by atoms with Crippen LogP contribution in [0.5, 0.6) is 0 Å². The van der Waals surface area contributed by atoms with Crippen LogP contribution in [0.1, 0.15) is 9.67 Å². The number of thiophene rings is 1. The Hall–Kier alpha value is -2.51. The number of piperazine rings is 1. The molecule has 4 N–H and O–H groups in total. The summed E-state index contributed by atoms with van der Waals surface area (Å²) in [6, 6.07) is 9.83.